The van der Waals surface area contributed by atoms with Crippen molar-refractivity contribution in [3.8, 4) is 0 Å². The number of rotatable bonds is 7. The molecule has 3 aromatic rings. The van der Waals surface area contributed by atoms with E-state index in [1.165, 1.54) is 24.3 Å². The van der Waals surface area contributed by atoms with Crippen molar-refractivity contribution in [3.05, 3.63) is 41.1 Å². The fourth-order valence-electron chi connectivity index (χ4n) is 2.51. The number of benzene rings is 1. The smallest absolute Gasteiger partial charge is 0.307 e. The van der Waals surface area contributed by atoms with Gasteiger partial charge in [-0.2, -0.15) is 17.7 Å². The number of aliphatic hydroxyl groups is 1. The highest BCUT2D eigenvalue weighted by molar-refractivity contribution is 9.10. The molecule has 3 rings (SSSR count). The first-order valence-corrected chi connectivity index (χ1v) is 10.6. The average molecular weight is 469 g/mol. The molecule has 0 aliphatic rings. The van der Waals surface area contributed by atoms with Gasteiger partial charge in [0.2, 0.25) is 5.95 Å². The summed E-state index contributed by atoms with van der Waals surface area (Å²) in [6.07, 6.45) is 3.14. The maximum atomic E-state index is 12.4. The van der Waals surface area contributed by atoms with Crippen LogP contribution in [0, 0.1) is 0 Å². The van der Waals surface area contributed by atoms with E-state index < -0.39 is 10.2 Å². The molecular formula is C17H21BrN6O3S. The van der Waals surface area contributed by atoms with Crippen molar-refractivity contribution in [2.45, 2.75) is 13.0 Å². The highest BCUT2D eigenvalue weighted by atomic mass is 79.9. The standard InChI is InChI=1S/C17H21BrN6O3S/c1-11(10-25)20-16-14(18)9-19-17(22-16)21-13-4-5-15-12(8-13)6-7-24(15)28(26,27)23(2)3/h4-9,11,25H,10H2,1-3H3,(H2,19,20,21,22)/t11-/m0/s1. The van der Waals surface area contributed by atoms with Gasteiger partial charge in [-0.1, -0.05) is 0 Å². The van der Waals surface area contributed by atoms with Crippen molar-refractivity contribution in [1.29, 1.82) is 0 Å². The maximum Gasteiger partial charge on any atom is 0.307 e. The number of aliphatic hydroxyl groups excluding tert-OH is 1. The van der Waals surface area contributed by atoms with Gasteiger partial charge in [-0.25, -0.2) is 8.96 Å². The van der Waals surface area contributed by atoms with E-state index >= 15 is 0 Å². The van der Waals surface area contributed by atoms with E-state index in [-0.39, 0.29) is 12.6 Å². The number of fused-ring (bicyclic) bond motifs is 1. The molecule has 28 heavy (non-hydrogen) atoms. The second-order valence-electron chi connectivity index (χ2n) is 6.42. The fourth-order valence-corrected chi connectivity index (χ4v) is 3.80. The number of anilines is 3. The summed E-state index contributed by atoms with van der Waals surface area (Å²) in [5.74, 6) is 0.930. The molecule has 0 radical (unpaired) electrons. The number of nitrogens with one attached hydrogen (secondary N) is 2. The average Bonchev–Trinajstić information content (AvgIpc) is 3.08. The Kier molecular flexibility index (Phi) is 5.89. The first kappa shape index (κ1) is 20.5. The Morgan fingerprint density at radius 2 is 2.07 bits per heavy atom. The molecular weight excluding hydrogens is 448 g/mol. The second-order valence-corrected chi connectivity index (χ2v) is 9.29. The molecule has 0 aliphatic heterocycles. The molecule has 1 atom stereocenters. The van der Waals surface area contributed by atoms with Crippen LogP contribution in [0.25, 0.3) is 10.9 Å². The summed E-state index contributed by atoms with van der Waals surface area (Å²) in [6, 6.07) is 6.89. The molecule has 0 amide bonds. The molecule has 0 saturated heterocycles. The number of aromatic nitrogens is 3. The fraction of sp³-hybridized carbons (Fsp3) is 0.294. The van der Waals surface area contributed by atoms with Gasteiger partial charge in [-0.15, -0.1) is 0 Å². The van der Waals surface area contributed by atoms with Crippen LogP contribution in [0.2, 0.25) is 0 Å². The van der Waals surface area contributed by atoms with E-state index in [9.17, 15) is 13.5 Å². The van der Waals surface area contributed by atoms with Gasteiger partial charge < -0.3 is 15.7 Å². The van der Waals surface area contributed by atoms with Crippen molar-refractivity contribution >= 4 is 54.5 Å². The minimum Gasteiger partial charge on any atom is -0.394 e. The van der Waals surface area contributed by atoms with Crippen LogP contribution in [-0.4, -0.2) is 58.5 Å². The first-order valence-electron chi connectivity index (χ1n) is 8.43. The van der Waals surface area contributed by atoms with Crippen molar-refractivity contribution in [2.75, 3.05) is 31.3 Å². The van der Waals surface area contributed by atoms with Gasteiger partial charge in [0.1, 0.15) is 5.82 Å². The highest BCUT2D eigenvalue weighted by Gasteiger charge is 2.18. The van der Waals surface area contributed by atoms with Crippen LogP contribution in [0.15, 0.2) is 41.1 Å². The normalized spacial score (nSPS) is 13.1. The van der Waals surface area contributed by atoms with Gasteiger partial charge in [0.15, 0.2) is 0 Å². The zero-order valence-electron chi connectivity index (χ0n) is 15.6. The molecule has 150 valence electrons. The number of hydrogen-bond acceptors (Lipinski definition) is 7. The van der Waals surface area contributed by atoms with Crippen LogP contribution in [0.1, 0.15) is 6.92 Å². The van der Waals surface area contributed by atoms with Crippen molar-refractivity contribution in [1.82, 2.24) is 18.2 Å². The Labute approximate surface area is 171 Å². The topological polar surface area (TPSA) is 112 Å². The van der Waals surface area contributed by atoms with Crippen LogP contribution in [0.4, 0.5) is 17.5 Å². The van der Waals surface area contributed by atoms with E-state index in [0.29, 0.717) is 21.8 Å². The summed E-state index contributed by atoms with van der Waals surface area (Å²) in [4.78, 5) is 8.64. The van der Waals surface area contributed by atoms with E-state index in [4.69, 9.17) is 0 Å². The van der Waals surface area contributed by atoms with Crippen LogP contribution in [0.5, 0.6) is 0 Å². The lowest BCUT2D eigenvalue weighted by atomic mass is 10.2. The van der Waals surface area contributed by atoms with Gasteiger partial charge in [-0.3, -0.25) is 0 Å². The van der Waals surface area contributed by atoms with Gasteiger partial charge in [0.25, 0.3) is 0 Å². The second kappa shape index (κ2) is 8.03. The van der Waals surface area contributed by atoms with Gasteiger partial charge in [0.05, 0.1) is 16.6 Å². The lowest BCUT2D eigenvalue weighted by Gasteiger charge is -2.14. The molecule has 0 aliphatic carbocycles. The Morgan fingerprint density at radius 1 is 1.32 bits per heavy atom. The molecule has 1 aromatic carbocycles. The maximum absolute atomic E-state index is 12.4. The Morgan fingerprint density at radius 3 is 2.75 bits per heavy atom. The predicted molar refractivity (Wildman–Crippen MR) is 113 cm³/mol. The molecule has 0 bridgehead atoms. The zero-order valence-corrected chi connectivity index (χ0v) is 18.0. The summed E-state index contributed by atoms with van der Waals surface area (Å²) in [5, 5.41) is 16.2. The Bertz CT molecular complexity index is 1100. The minimum atomic E-state index is -3.59. The molecule has 3 N–H and O–H groups in total. The molecule has 0 spiro atoms. The largest absolute Gasteiger partial charge is 0.394 e. The SMILES string of the molecule is C[C@@H](CO)Nc1nc(Nc2ccc3c(ccn3S(=O)(=O)N(C)C)c2)ncc1Br. The number of hydrogen-bond donors (Lipinski definition) is 3. The van der Waals surface area contributed by atoms with E-state index in [1.54, 1.807) is 24.4 Å². The first-order chi connectivity index (χ1) is 13.2. The minimum absolute atomic E-state index is 0.0251. The third-order valence-corrected chi connectivity index (χ3v) is 6.34. The third-order valence-electron chi connectivity index (χ3n) is 4.02. The zero-order chi connectivity index (χ0) is 20.5. The van der Waals surface area contributed by atoms with Gasteiger partial charge >= 0.3 is 10.2 Å². The summed E-state index contributed by atoms with van der Waals surface area (Å²) in [6.45, 7) is 1.81. The summed E-state index contributed by atoms with van der Waals surface area (Å²) in [7, 11) is -0.603. The third kappa shape index (κ3) is 4.12. The lowest BCUT2D eigenvalue weighted by Crippen LogP contribution is -2.28. The molecule has 2 heterocycles. The molecule has 9 nitrogen and oxygen atoms in total. The quantitative estimate of drug-likeness (QED) is 0.487. The molecule has 0 unspecified atom stereocenters. The van der Waals surface area contributed by atoms with E-state index in [0.717, 1.165) is 15.4 Å². The van der Waals surface area contributed by atoms with Gasteiger partial charge in [0, 0.05) is 43.6 Å². The summed E-state index contributed by atoms with van der Waals surface area (Å²) in [5.41, 5.74) is 1.30. The number of nitrogens with zero attached hydrogens (tertiary/aromatic N) is 4. The summed E-state index contributed by atoms with van der Waals surface area (Å²) < 4.78 is 27.9. The van der Waals surface area contributed by atoms with E-state index in [1.807, 2.05) is 13.0 Å². The van der Waals surface area contributed by atoms with Crippen LogP contribution < -0.4 is 10.6 Å². The van der Waals surface area contributed by atoms with Crippen LogP contribution in [0.3, 0.4) is 0 Å². The van der Waals surface area contributed by atoms with Gasteiger partial charge in [-0.05, 0) is 47.1 Å². The molecule has 0 saturated carbocycles. The number of halogens is 1. The van der Waals surface area contributed by atoms with Crippen molar-refractivity contribution in [2.24, 2.45) is 0 Å². The molecule has 2 aromatic heterocycles. The van der Waals surface area contributed by atoms with Crippen LogP contribution in [-0.2, 0) is 10.2 Å². The van der Waals surface area contributed by atoms with Crippen molar-refractivity contribution in [3.63, 3.8) is 0 Å². The molecule has 0 fully saturated rings. The van der Waals surface area contributed by atoms with E-state index in [2.05, 4.69) is 36.5 Å². The predicted octanol–water partition coefficient (Wildman–Crippen LogP) is 2.38. The van der Waals surface area contributed by atoms with Crippen LogP contribution >= 0.6 is 15.9 Å². The highest BCUT2D eigenvalue weighted by Crippen LogP contribution is 2.26. The van der Waals surface area contributed by atoms with Crippen molar-refractivity contribution < 1.29 is 13.5 Å². The Balaban J connectivity index is 1.89. The monoisotopic (exact) mass is 468 g/mol. The lowest BCUT2D eigenvalue weighted by molar-refractivity contribution is 0.281. The molecule has 11 heteroatoms. The summed E-state index contributed by atoms with van der Waals surface area (Å²) >= 11 is 3.38. The Hall–Kier alpha value is -2.21.